The van der Waals surface area contributed by atoms with Crippen LogP contribution in [0.25, 0.3) is 0 Å². The summed E-state index contributed by atoms with van der Waals surface area (Å²) in [4.78, 5) is 15.9. The summed E-state index contributed by atoms with van der Waals surface area (Å²) >= 11 is 5.71. The van der Waals surface area contributed by atoms with E-state index in [1.54, 1.807) is 0 Å². The van der Waals surface area contributed by atoms with Crippen LogP contribution >= 0.6 is 11.6 Å². The molecule has 0 amide bonds. The average Bonchev–Trinajstić information content (AvgIpc) is 3.26. The zero-order chi connectivity index (χ0) is 15.0. The van der Waals surface area contributed by atoms with E-state index in [0.717, 1.165) is 25.6 Å². The number of hydrogen-bond acceptors (Lipinski definition) is 4. The maximum Gasteiger partial charge on any atom is 0.266 e. The Bertz CT molecular complexity index is 676. The van der Waals surface area contributed by atoms with Crippen molar-refractivity contribution in [3.05, 3.63) is 27.6 Å². The number of aromatic amines is 1. The van der Waals surface area contributed by atoms with Crippen molar-refractivity contribution in [2.45, 2.75) is 17.7 Å². The van der Waals surface area contributed by atoms with Gasteiger partial charge in [-0.25, -0.2) is 8.42 Å². The molecule has 2 aliphatic rings. The summed E-state index contributed by atoms with van der Waals surface area (Å²) in [5.74, 6) is 0.811. The van der Waals surface area contributed by atoms with Crippen LogP contribution in [-0.2, 0) is 10.0 Å². The van der Waals surface area contributed by atoms with Crippen molar-refractivity contribution < 1.29 is 8.42 Å². The molecule has 1 saturated heterocycles. The van der Waals surface area contributed by atoms with E-state index in [9.17, 15) is 13.2 Å². The van der Waals surface area contributed by atoms with Gasteiger partial charge in [-0.15, -0.1) is 0 Å². The molecular formula is C13H18ClN3O3S. The van der Waals surface area contributed by atoms with Gasteiger partial charge in [0.05, 0.1) is 4.90 Å². The number of nitrogens with one attached hydrogen (secondary N) is 1. The molecule has 8 heteroatoms. The highest BCUT2D eigenvalue weighted by atomic mass is 35.5. The van der Waals surface area contributed by atoms with Gasteiger partial charge in [0.15, 0.2) is 0 Å². The highest BCUT2D eigenvalue weighted by Crippen LogP contribution is 2.30. The number of pyridine rings is 1. The zero-order valence-corrected chi connectivity index (χ0v) is 13.2. The van der Waals surface area contributed by atoms with Gasteiger partial charge in [-0.2, -0.15) is 4.31 Å². The molecule has 21 heavy (non-hydrogen) atoms. The van der Waals surface area contributed by atoms with Gasteiger partial charge in [-0.05, 0) is 24.8 Å². The second kappa shape index (κ2) is 5.72. The van der Waals surface area contributed by atoms with E-state index < -0.39 is 15.6 Å². The Labute approximate surface area is 128 Å². The SMILES string of the molecule is O=c1[nH]cc(S(=O)(=O)N2CCN(CC3CC3)CC2)cc1Cl. The fourth-order valence-electron chi connectivity index (χ4n) is 2.55. The summed E-state index contributed by atoms with van der Waals surface area (Å²) in [7, 11) is -3.59. The van der Waals surface area contributed by atoms with Crippen molar-refractivity contribution in [3.63, 3.8) is 0 Å². The molecule has 1 aliphatic heterocycles. The number of aromatic nitrogens is 1. The Morgan fingerprint density at radius 3 is 2.48 bits per heavy atom. The van der Waals surface area contributed by atoms with Gasteiger partial charge in [0.1, 0.15) is 5.02 Å². The lowest BCUT2D eigenvalue weighted by atomic mass is 10.3. The molecule has 1 aromatic rings. The predicted octanol–water partition coefficient (Wildman–Crippen LogP) is 0.745. The lowest BCUT2D eigenvalue weighted by Crippen LogP contribution is -2.49. The first-order valence-electron chi connectivity index (χ1n) is 7.07. The Morgan fingerprint density at radius 2 is 1.90 bits per heavy atom. The molecule has 1 N–H and O–H groups in total. The van der Waals surface area contributed by atoms with Gasteiger partial charge in [-0.3, -0.25) is 4.79 Å². The molecule has 0 bridgehead atoms. The third-order valence-corrected chi connectivity index (χ3v) is 6.17. The van der Waals surface area contributed by atoms with Crippen molar-refractivity contribution in [2.75, 3.05) is 32.7 Å². The zero-order valence-electron chi connectivity index (χ0n) is 11.6. The Hall–Kier alpha value is -0.890. The molecular weight excluding hydrogens is 314 g/mol. The van der Waals surface area contributed by atoms with Crippen LogP contribution in [0.5, 0.6) is 0 Å². The van der Waals surface area contributed by atoms with Crippen LogP contribution in [0.15, 0.2) is 22.0 Å². The van der Waals surface area contributed by atoms with E-state index in [1.807, 2.05) is 0 Å². The van der Waals surface area contributed by atoms with Gasteiger partial charge in [-0.1, -0.05) is 11.6 Å². The fraction of sp³-hybridized carbons (Fsp3) is 0.615. The molecule has 0 unspecified atom stereocenters. The van der Waals surface area contributed by atoms with Gasteiger partial charge in [0.2, 0.25) is 10.0 Å². The summed E-state index contributed by atoms with van der Waals surface area (Å²) in [5.41, 5.74) is -0.482. The largest absolute Gasteiger partial charge is 0.326 e. The normalized spacial score (nSPS) is 21.6. The second-order valence-electron chi connectivity index (χ2n) is 5.66. The number of halogens is 1. The van der Waals surface area contributed by atoms with Crippen LogP contribution in [-0.4, -0.2) is 55.3 Å². The van der Waals surface area contributed by atoms with Crippen LogP contribution in [0.3, 0.4) is 0 Å². The van der Waals surface area contributed by atoms with Crippen LogP contribution < -0.4 is 5.56 Å². The van der Waals surface area contributed by atoms with E-state index in [0.29, 0.717) is 13.1 Å². The van der Waals surface area contributed by atoms with Gasteiger partial charge >= 0.3 is 0 Å². The number of sulfonamides is 1. The van der Waals surface area contributed by atoms with Crippen LogP contribution in [0, 0.1) is 5.92 Å². The molecule has 3 rings (SSSR count). The van der Waals surface area contributed by atoms with Crippen LogP contribution in [0.1, 0.15) is 12.8 Å². The molecule has 0 spiro atoms. The van der Waals surface area contributed by atoms with Crippen LogP contribution in [0.4, 0.5) is 0 Å². The number of H-pyrrole nitrogens is 1. The van der Waals surface area contributed by atoms with E-state index >= 15 is 0 Å². The summed E-state index contributed by atoms with van der Waals surface area (Å²) in [6, 6.07) is 1.21. The third kappa shape index (κ3) is 3.31. The molecule has 6 nitrogen and oxygen atoms in total. The number of nitrogens with zero attached hydrogens (tertiary/aromatic N) is 2. The van der Waals surface area contributed by atoms with Gasteiger partial charge in [0.25, 0.3) is 5.56 Å². The second-order valence-corrected chi connectivity index (χ2v) is 8.01. The van der Waals surface area contributed by atoms with E-state index in [1.165, 1.54) is 29.4 Å². The lowest BCUT2D eigenvalue weighted by Gasteiger charge is -2.33. The molecule has 116 valence electrons. The third-order valence-electron chi connectivity index (χ3n) is 4.01. The summed E-state index contributed by atoms with van der Waals surface area (Å²) in [6.07, 6.45) is 3.81. The Kier molecular flexibility index (Phi) is 4.09. The van der Waals surface area contributed by atoms with E-state index in [4.69, 9.17) is 11.6 Å². The van der Waals surface area contributed by atoms with Gasteiger partial charge < -0.3 is 9.88 Å². The first-order chi connectivity index (χ1) is 9.96. The number of hydrogen-bond donors (Lipinski definition) is 1. The predicted molar refractivity (Wildman–Crippen MR) is 80.0 cm³/mol. The first-order valence-corrected chi connectivity index (χ1v) is 8.89. The molecule has 1 saturated carbocycles. The lowest BCUT2D eigenvalue weighted by molar-refractivity contribution is 0.182. The minimum atomic E-state index is -3.59. The molecule has 2 fully saturated rings. The highest BCUT2D eigenvalue weighted by molar-refractivity contribution is 7.89. The molecule has 1 aliphatic carbocycles. The molecule has 1 aromatic heterocycles. The van der Waals surface area contributed by atoms with Crippen LogP contribution in [0.2, 0.25) is 5.02 Å². The standard InChI is InChI=1S/C13H18ClN3O3S/c14-12-7-11(8-15-13(12)18)21(19,20)17-5-3-16(4-6-17)9-10-1-2-10/h7-8,10H,1-6,9H2,(H,15,18). The summed E-state index contributed by atoms with van der Waals surface area (Å²) in [6.45, 7) is 3.55. The van der Waals surface area contributed by atoms with Crippen molar-refractivity contribution in [1.29, 1.82) is 0 Å². The maximum absolute atomic E-state index is 12.5. The smallest absolute Gasteiger partial charge is 0.266 e. The summed E-state index contributed by atoms with van der Waals surface area (Å²) in [5, 5.41) is -0.108. The minimum absolute atomic E-state index is 0.0442. The average molecular weight is 332 g/mol. The monoisotopic (exact) mass is 331 g/mol. The molecule has 0 atom stereocenters. The first kappa shape index (κ1) is 15.0. The van der Waals surface area contributed by atoms with Crippen molar-refractivity contribution in [1.82, 2.24) is 14.2 Å². The van der Waals surface area contributed by atoms with E-state index in [2.05, 4.69) is 9.88 Å². The fourth-order valence-corrected chi connectivity index (χ4v) is 4.21. The quantitative estimate of drug-likeness (QED) is 0.883. The summed E-state index contributed by atoms with van der Waals surface area (Å²) < 4.78 is 26.5. The Morgan fingerprint density at radius 1 is 1.24 bits per heavy atom. The van der Waals surface area contributed by atoms with Gasteiger partial charge in [0, 0.05) is 38.9 Å². The molecule has 0 radical (unpaired) electrons. The minimum Gasteiger partial charge on any atom is -0.326 e. The number of piperazine rings is 1. The Balaban J connectivity index is 1.70. The van der Waals surface area contributed by atoms with Crippen molar-refractivity contribution in [3.8, 4) is 0 Å². The maximum atomic E-state index is 12.5. The topological polar surface area (TPSA) is 73.5 Å². The molecule has 0 aromatic carbocycles. The highest BCUT2D eigenvalue weighted by Gasteiger charge is 2.31. The number of rotatable bonds is 4. The molecule has 2 heterocycles. The van der Waals surface area contributed by atoms with E-state index in [-0.39, 0.29) is 9.92 Å². The van der Waals surface area contributed by atoms with Crippen molar-refractivity contribution >= 4 is 21.6 Å². The van der Waals surface area contributed by atoms with Crippen molar-refractivity contribution in [2.24, 2.45) is 5.92 Å².